The van der Waals surface area contributed by atoms with Crippen molar-refractivity contribution in [2.45, 2.75) is 23.8 Å². The Bertz CT molecular complexity index is 1010. The molecule has 0 aromatic heterocycles. The Morgan fingerprint density at radius 1 is 1.04 bits per heavy atom. The summed E-state index contributed by atoms with van der Waals surface area (Å²) in [6, 6.07) is 4.15. The van der Waals surface area contributed by atoms with Crippen molar-refractivity contribution in [3.05, 3.63) is 24.3 Å². The van der Waals surface area contributed by atoms with Crippen molar-refractivity contribution in [2.24, 2.45) is 0 Å². The lowest BCUT2D eigenvalue weighted by atomic mass is 10.3. The second kappa shape index (κ2) is 6.04. The molecule has 1 aromatic rings. The normalized spacial score (nSPS) is 25.4. The molecule has 0 saturated carbocycles. The van der Waals surface area contributed by atoms with E-state index in [1.54, 1.807) is 0 Å². The summed E-state index contributed by atoms with van der Waals surface area (Å²) in [4.78, 5) is 11.6. The second-order valence-electron chi connectivity index (χ2n) is 5.94. The molecule has 0 bridgehead atoms. The summed E-state index contributed by atoms with van der Waals surface area (Å²) in [6.45, 7) is 0. The number of hydrogen-bond donors (Lipinski definition) is 1. The van der Waals surface area contributed by atoms with Gasteiger partial charge in [0.25, 0.3) is 0 Å². The van der Waals surface area contributed by atoms with Gasteiger partial charge in [0, 0.05) is 12.5 Å². The quantitative estimate of drug-likeness (QED) is 0.690. The van der Waals surface area contributed by atoms with Gasteiger partial charge >= 0.3 is 0 Å². The zero-order valence-corrected chi connectivity index (χ0v) is 15.4. The number of nitrogens with zero attached hydrogens (tertiary/aromatic N) is 1. The second-order valence-corrected chi connectivity index (χ2v) is 11.8. The zero-order valence-electron chi connectivity index (χ0n) is 13.0. The molecule has 2 aliphatic rings. The van der Waals surface area contributed by atoms with Crippen molar-refractivity contribution < 1.29 is 30.0 Å². The first-order valence-electron chi connectivity index (χ1n) is 7.39. The van der Waals surface area contributed by atoms with Gasteiger partial charge in [0.2, 0.25) is 26.0 Å². The number of sulfone groups is 1. The minimum absolute atomic E-state index is 0.0615. The Balaban J connectivity index is 1.81. The monoisotopic (exact) mass is 408 g/mol. The van der Waals surface area contributed by atoms with Crippen molar-refractivity contribution in [2.75, 3.05) is 21.6 Å². The average Bonchev–Trinajstić information content (AvgIpc) is 2.97. The van der Waals surface area contributed by atoms with E-state index in [-0.39, 0.29) is 40.7 Å². The van der Waals surface area contributed by atoms with Crippen LogP contribution in [0.15, 0.2) is 29.2 Å². The molecule has 0 radical (unpaired) electrons. The molecule has 1 N–H and O–H groups in total. The van der Waals surface area contributed by atoms with Crippen LogP contribution in [0.4, 0.5) is 5.69 Å². The fourth-order valence-corrected chi connectivity index (χ4v) is 7.31. The summed E-state index contributed by atoms with van der Waals surface area (Å²) < 4.78 is 74.2. The van der Waals surface area contributed by atoms with Crippen molar-refractivity contribution in [1.82, 2.24) is 4.72 Å². The zero-order chi connectivity index (χ0) is 18.5. The Kier molecular flexibility index (Phi) is 4.42. The van der Waals surface area contributed by atoms with Gasteiger partial charge in [0.05, 0.1) is 27.8 Å². The van der Waals surface area contributed by atoms with E-state index in [1.165, 1.54) is 24.3 Å². The maximum atomic E-state index is 12.3. The number of carbonyl (C=O) groups is 1. The summed E-state index contributed by atoms with van der Waals surface area (Å²) in [6.07, 6.45) is 0.0975. The molecule has 0 unspecified atom stereocenters. The lowest BCUT2D eigenvalue weighted by Crippen LogP contribution is -2.35. The van der Waals surface area contributed by atoms with Crippen LogP contribution in [0, 0.1) is 0 Å². The standard InChI is InChI=1S/C13H16N2O7S3/c16-13-6-8-24(19,20)15(13)11-1-3-12(4-2-11)25(21,22)14-10-5-7-23(17,18)9-10/h1-4,10,14H,5-9H2/t10-/m1/s1. The number of benzene rings is 1. The van der Waals surface area contributed by atoms with E-state index in [4.69, 9.17) is 0 Å². The van der Waals surface area contributed by atoms with Crippen LogP contribution >= 0.6 is 0 Å². The largest absolute Gasteiger partial charge is 0.273 e. The third kappa shape index (κ3) is 3.71. The summed E-state index contributed by atoms with van der Waals surface area (Å²) in [5.74, 6) is -1.15. The highest BCUT2D eigenvalue weighted by molar-refractivity contribution is 7.94. The van der Waals surface area contributed by atoms with Crippen LogP contribution < -0.4 is 9.03 Å². The number of amides is 1. The molecular formula is C13H16N2O7S3. The van der Waals surface area contributed by atoms with Crippen LogP contribution in [-0.4, -0.2) is 54.5 Å². The Morgan fingerprint density at radius 2 is 1.68 bits per heavy atom. The third-order valence-electron chi connectivity index (χ3n) is 4.01. The highest BCUT2D eigenvalue weighted by atomic mass is 32.2. The molecule has 2 heterocycles. The van der Waals surface area contributed by atoms with Gasteiger partial charge in [0.1, 0.15) is 0 Å². The van der Waals surface area contributed by atoms with Crippen LogP contribution in [0.25, 0.3) is 0 Å². The number of carbonyl (C=O) groups excluding carboxylic acids is 1. The lowest BCUT2D eigenvalue weighted by molar-refractivity contribution is -0.116. The molecule has 2 fully saturated rings. The average molecular weight is 408 g/mol. The van der Waals surface area contributed by atoms with E-state index in [2.05, 4.69) is 4.72 Å². The van der Waals surface area contributed by atoms with E-state index in [0.29, 0.717) is 4.31 Å². The molecule has 0 aliphatic carbocycles. The molecule has 9 nitrogen and oxygen atoms in total. The minimum Gasteiger partial charge on any atom is -0.273 e. The van der Waals surface area contributed by atoms with Crippen molar-refractivity contribution >= 4 is 41.5 Å². The molecular weight excluding hydrogens is 392 g/mol. The first kappa shape index (κ1) is 18.3. The molecule has 1 amide bonds. The molecule has 12 heteroatoms. The van der Waals surface area contributed by atoms with E-state index in [0.717, 1.165) is 0 Å². The molecule has 2 aliphatic heterocycles. The van der Waals surface area contributed by atoms with Crippen LogP contribution in [0.1, 0.15) is 12.8 Å². The SMILES string of the molecule is O=C1CCS(=O)(=O)N1c1ccc(S(=O)(=O)N[C@@H]2CCS(=O)(=O)C2)cc1. The predicted molar refractivity (Wildman–Crippen MR) is 89.7 cm³/mol. The number of anilines is 1. The molecule has 138 valence electrons. The fourth-order valence-electron chi connectivity index (χ4n) is 2.80. The van der Waals surface area contributed by atoms with Gasteiger partial charge in [-0.2, -0.15) is 0 Å². The Hall–Kier alpha value is -1.50. The van der Waals surface area contributed by atoms with Crippen molar-refractivity contribution in [1.29, 1.82) is 0 Å². The first-order valence-corrected chi connectivity index (χ1v) is 12.3. The van der Waals surface area contributed by atoms with Gasteiger partial charge in [-0.3, -0.25) is 4.79 Å². The number of hydrogen-bond acceptors (Lipinski definition) is 7. The van der Waals surface area contributed by atoms with Crippen LogP contribution in [0.2, 0.25) is 0 Å². The molecule has 25 heavy (non-hydrogen) atoms. The number of sulfonamides is 2. The van der Waals surface area contributed by atoms with Crippen molar-refractivity contribution in [3.63, 3.8) is 0 Å². The number of nitrogens with one attached hydrogen (secondary N) is 1. The highest BCUT2D eigenvalue weighted by Crippen LogP contribution is 2.26. The Labute approximate surface area is 146 Å². The van der Waals surface area contributed by atoms with Gasteiger partial charge in [-0.1, -0.05) is 0 Å². The summed E-state index contributed by atoms with van der Waals surface area (Å²) >= 11 is 0. The maximum Gasteiger partial charge on any atom is 0.242 e. The molecule has 1 atom stereocenters. The van der Waals surface area contributed by atoms with Gasteiger partial charge in [-0.15, -0.1) is 0 Å². The molecule has 3 rings (SSSR count). The van der Waals surface area contributed by atoms with Crippen LogP contribution in [0.5, 0.6) is 0 Å². The summed E-state index contributed by atoms with van der Waals surface area (Å²) in [5, 5.41) is 0. The summed E-state index contributed by atoms with van der Waals surface area (Å²) in [5.41, 5.74) is 0.0740. The van der Waals surface area contributed by atoms with E-state index in [9.17, 15) is 30.0 Å². The van der Waals surface area contributed by atoms with E-state index < -0.39 is 41.8 Å². The minimum atomic E-state index is -3.94. The van der Waals surface area contributed by atoms with Gasteiger partial charge < -0.3 is 0 Å². The number of rotatable bonds is 4. The Morgan fingerprint density at radius 3 is 2.16 bits per heavy atom. The van der Waals surface area contributed by atoms with E-state index in [1.807, 2.05) is 0 Å². The summed E-state index contributed by atoms with van der Waals surface area (Å²) in [7, 11) is -10.9. The fraction of sp³-hybridized carbons (Fsp3) is 0.462. The third-order valence-corrected chi connectivity index (χ3v) is 9.01. The van der Waals surface area contributed by atoms with Crippen molar-refractivity contribution in [3.8, 4) is 0 Å². The molecule has 0 spiro atoms. The van der Waals surface area contributed by atoms with Gasteiger partial charge in [-0.25, -0.2) is 34.3 Å². The first-order chi connectivity index (χ1) is 11.5. The topological polar surface area (TPSA) is 135 Å². The van der Waals surface area contributed by atoms with Crippen LogP contribution in [0.3, 0.4) is 0 Å². The highest BCUT2D eigenvalue weighted by Gasteiger charge is 2.36. The lowest BCUT2D eigenvalue weighted by Gasteiger charge is -2.16. The molecule has 2 saturated heterocycles. The molecule has 1 aromatic carbocycles. The van der Waals surface area contributed by atoms with Crippen LogP contribution in [-0.2, 0) is 34.7 Å². The maximum absolute atomic E-state index is 12.3. The van der Waals surface area contributed by atoms with Gasteiger partial charge in [0.15, 0.2) is 9.84 Å². The van der Waals surface area contributed by atoms with Gasteiger partial charge in [-0.05, 0) is 30.7 Å². The predicted octanol–water partition coefficient (Wildman–Crippen LogP) is -0.781. The smallest absolute Gasteiger partial charge is 0.242 e. The van der Waals surface area contributed by atoms with E-state index >= 15 is 0 Å².